The lowest BCUT2D eigenvalue weighted by atomic mass is 10.1. The quantitative estimate of drug-likeness (QED) is 0.795. The summed E-state index contributed by atoms with van der Waals surface area (Å²) in [5.41, 5.74) is 6.41. The van der Waals surface area contributed by atoms with Gasteiger partial charge in [-0.05, 0) is 24.1 Å². The van der Waals surface area contributed by atoms with Crippen LogP contribution in [0.1, 0.15) is 18.4 Å². The minimum atomic E-state index is -0.236. The minimum absolute atomic E-state index is 0.0198. The maximum Gasteiger partial charge on any atom is 0.234 e. The second kappa shape index (κ2) is 4.90. The van der Waals surface area contributed by atoms with Gasteiger partial charge >= 0.3 is 0 Å². The van der Waals surface area contributed by atoms with Crippen molar-refractivity contribution in [3.05, 3.63) is 41.7 Å². The smallest absolute Gasteiger partial charge is 0.234 e. The van der Waals surface area contributed by atoms with E-state index in [-0.39, 0.29) is 17.8 Å². The van der Waals surface area contributed by atoms with Gasteiger partial charge in [0, 0.05) is 12.5 Å². The van der Waals surface area contributed by atoms with E-state index in [1.807, 2.05) is 12.2 Å². The molecule has 1 amide bonds. The predicted octanol–water partition coefficient (Wildman–Crippen LogP) is 1.62. The van der Waals surface area contributed by atoms with E-state index >= 15 is 0 Å². The normalized spacial score (nSPS) is 21.1. The van der Waals surface area contributed by atoms with Gasteiger partial charge in [0.1, 0.15) is 5.82 Å². The maximum absolute atomic E-state index is 12.6. The van der Waals surface area contributed by atoms with Crippen LogP contribution in [-0.2, 0) is 4.79 Å². The molecule has 0 saturated carbocycles. The first-order chi connectivity index (χ1) is 7.74. The van der Waals surface area contributed by atoms with Gasteiger partial charge in [-0.2, -0.15) is 0 Å². The van der Waals surface area contributed by atoms with Gasteiger partial charge in [0.2, 0.25) is 5.91 Å². The summed E-state index contributed by atoms with van der Waals surface area (Å²) in [6.07, 6.45) is 5.19. The van der Waals surface area contributed by atoms with E-state index in [1.165, 1.54) is 12.1 Å². The SMILES string of the molecule is O=C1CCC(/C=C/c2ccc(F)cc2)NN1. The van der Waals surface area contributed by atoms with E-state index in [9.17, 15) is 9.18 Å². The van der Waals surface area contributed by atoms with Crippen LogP contribution in [0.4, 0.5) is 4.39 Å². The number of carbonyl (C=O) groups excluding carboxylic acids is 1. The molecule has 0 bridgehead atoms. The number of nitrogens with one attached hydrogen (secondary N) is 2. The molecule has 1 unspecified atom stereocenters. The molecule has 1 heterocycles. The molecule has 0 aliphatic carbocycles. The van der Waals surface area contributed by atoms with Gasteiger partial charge < -0.3 is 0 Å². The lowest BCUT2D eigenvalue weighted by molar-refractivity contribution is -0.123. The zero-order valence-electron chi connectivity index (χ0n) is 8.74. The highest BCUT2D eigenvalue weighted by atomic mass is 19.1. The fraction of sp³-hybridized carbons (Fsp3) is 0.250. The molecule has 2 N–H and O–H groups in total. The third-order valence-corrected chi connectivity index (χ3v) is 2.47. The highest BCUT2D eigenvalue weighted by molar-refractivity contribution is 5.76. The second-order valence-corrected chi connectivity index (χ2v) is 3.75. The van der Waals surface area contributed by atoms with Crippen LogP contribution in [0.5, 0.6) is 0 Å². The lowest BCUT2D eigenvalue weighted by Gasteiger charge is -2.20. The highest BCUT2D eigenvalue weighted by Crippen LogP contribution is 2.08. The molecule has 1 aromatic carbocycles. The number of carbonyl (C=O) groups is 1. The first-order valence-electron chi connectivity index (χ1n) is 5.22. The molecule has 1 fully saturated rings. The van der Waals surface area contributed by atoms with E-state index in [1.54, 1.807) is 12.1 Å². The third kappa shape index (κ3) is 2.90. The zero-order chi connectivity index (χ0) is 11.4. The Kier molecular flexibility index (Phi) is 3.31. The number of benzene rings is 1. The second-order valence-electron chi connectivity index (χ2n) is 3.75. The van der Waals surface area contributed by atoms with E-state index in [4.69, 9.17) is 0 Å². The van der Waals surface area contributed by atoms with Gasteiger partial charge in [-0.15, -0.1) is 0 Å². The fourth-order valence-electron chi connectivity index (χ4n) is 1.54. The van der Waals surface area contributed by atoms with Gasteiger partial charge in [-0.25, -0.2) is 9.82 Å². The standard InChI is InChI=1S/C12H13FN2O/c13-10-4-1-9(2-5-10)3-6-11-7-8-12(16)15-14-11/h1-6,11,14H,7-8H2,(H,15,16)/b6-3+. The van der Waals surface area contributed by atoms with Crippen molar-refractivity contribution in [2.75, 3.05) is 0 Å². The Morgan fingerprint density at radius 3 is 2.69 bits per heavy atom. The Bertz CT molecular complexity index is 390. The van der Waals surface area contributed by atoms with Crippen molar-refractivity contribution < 1.29 is 9.18 Å². The van der Waals surface area contributed by atoms with Crippen molar-refractivity contribution in [3.63, 3.8) is 0 Å². The summed E-state index contributed by atoms with van der Waals surface area (Å²) in [6.45, 7) is 0. The summed E-state index contributed by atoms with van der Waals surface area (Å²) < 4.78 is 12.6. The predicted molar refractivity (Wildman–Crippen MR) is 59.7 cm³/mol. The molecule has 1 aliphatic heterocycles. The van der Waals surface area contributed by atoms with Crippen LogP contribution in [-0.4, -0.2) is 11.9 Å². The fourth-order valence-corrected chi connectivity index (χ4v) is 1.54. The number of hydrazine groups is 1. The third-order valence-electron chi connectivity index (χ3n) is 2.47. The topological polar surface area (TPSA) is 41.1 Å². The number of amides is 1. The summed E-state index contributed by atoms with van der Waals surface area (Å²) >= 11 is 0. The van der Waals surface area contributed by atoms with Crippen LogP contribution >= 0.6 is 0 Å². The Morgan fingerprint density at radius 1 is 1.31 bits per heavy atom. The molecule has 3 nitrogen and oxygen atoms in total. The first-order valence-corrected chi connectivity index (χ1v) is 5.22. The molecule has 0 spiro atoms. The molecule has 1 saturated heterocycles. The van der Waals surface area contributed by atoms with Crippen molar-refractivity contribution in [2.24, 2.45) is 0 Å². The zero-order valence-corrected chi connectivity index (χ0v) is 8.74. The van der Waals surface area contributed by atoms with Crippen LogP contribution in [0.2, 0.25) is 0 Å². The van der Waals surface area contributed by atoms with Crippen LogP contribution in [0.3, 0.4) is 0 Å². The van der Waals surface area contributed by atoms with Crippen molar-refractivity contribution >= 4 is 12.0 Å². The van der Waals surface area contributed by atoms with Gasteiger partial charge in [0.25, 0.3) is 0 Å². The molecular weight excluding hydrogens is 207 g/mol. The Balaban J connectivity index is 1.93. The van der Waals surface area contributed by atoms with Crippen molar-refractivity contribution in [1.29, 1.82) is 0 Å². The van der Waals surface area contributed by atoms with Gasteiger partial charge in [-0.1, -0.05) is 24.3 Å². The first kappa shape index (κ1) is 10.8. The monoisotopic (exact) mass is 220 g/mol. The van der Waals surface area contributed by atoms with Gasteiger partial charge in [-0.3, -0.25) is 10.2 Å². The summed E-state index contributed by atoms with van der Waals surface area (Å²) in [5, 5.41) is 0. The largest absolute Gasteiger partial charge is 0.291 e. The van der Waals surface area contributed by atoms with Gasteiger partial charge in [0.05, 0.1) is 0 Å². The molecular formula is C12H13FN2O. The molecule has 1 aliphatic rings. The van der Waals surface area contributed by atoms with Crippen LogP contribution in [0.15, 0.2) is 30.3 Å². The molecule has 1 aromatic rings. The number of hydrogen-bond donors (Lipinski definition) is 2. The summed E-state index contributed by atoms with van der Waals surface area (Å²) in [6, 6.07) is 6.43. The number of rotatable bonds is 2. The number of hydrogen-bond acceptors (Lipinski definition) is 2. The molecule has 0 radical (unpaired) electrons. The number of halogens is 1. The Labute approximate surface area is 93.3 Å². The van der Waals surface area contributed by atoms with E-state index in [0.717, 1.165) is 12.0 Å². The molecule has 16 heavy (non-hydrogen) atoms. The lowest BCUT2D eigenvalue weighted by Crippen LogP contribution is -2.48. The van der Waals surface area contributed by atoms with Gasteiger partial charge in [0.15, 0.2) is 0 Å². The van der Waals surface area contributed by atoms with Crippen molar-refractivity contribution in [3.8, 4) is 0 Å². The summed E-state index contributed by atoms with van der Waals surface area (Å²) in [7, 11) is 0. The maximum atomic E-state index is 12.6. The minimum Gasteiger partial charge on any atom is -0.291 e. The van der Waals surface area contributed by atoms with E-state index < -0.39 is 0 Å². The van der Waals surface area contributed by atoms with Crippen LogP contribution in [0.25, 0.3) is 6.08 Å². The average Bonchev–Trinajstić information content (AvgIpc) is 2.30. The molecule has 4 heteroatoms. The van der Waals surface area contributed by atoms with Crippen molar-refractivity contribution in [2.45, 2.75) is 18.9 Å². The van der Waals surface area contributed by atoms with Crippen LogP contribution < -0.4 is 10.9 Å². The van der Waals surface area contributed by atoms with E-state index in [0.29, 0.717) is 6.42 Å². The molecule has 1 atom stereocenters. The molecule has 84 valence electrons. The molecule has 0 aromatic heterocycles. The van der Waals surface area contributed by atoms with E-state index in [2.05, 4.69) is 10.9 Å². The molecule has 2 rings (SSSR count). The highest BCUT2D eigenvalue weighted by Gasteiger charge is 2.13. The average molecular weight is 220 g/mol. The Morgan fingerprint density at radius 2 is 2.06 bits per heavy atom. The summed E-state index contributed by atoms with van der Waals surface area (Å²) in [5.74, 6) is -0.216. The summed E-state index contributed by atoms with van der Waals surface area (Å²) in [4.78, 5) is 10.9. The van der Waals surface area contributed by atoms with Crippen LogP contribution in [0, 0.1) is 5.82 Å². The Hall–Kier alpha value is -1.68. The van der Waals surface area contributed by atoms with Crippen molar-refractivity contribution in [1.82, 2.24) is 10.9 Å².